The van der Waals surface area contributed by atoms with E-state index in [4.69, 9.17) is 4.52 Å². The fourth-order valence-corrected chi connectivity index (χ4v) is 3.68. The molecule has 0 saturated carbocycles. The zero-order chi connectivity index (χ0) is 19.8. The highest BCUT2D eigenvalue weighted by atomic mass is 16.5. The monoisotopic (exact) mass is 383 g/mol. The second-order valence-electron chi connectivity index (χ2n) is 7.32. The van der Waals surface area contributed by atoms with Crippen molar-refractivity contribution in [3.05, 3.63) is 52.4 Å². The van der Waals surface area contributed by atoms with Gasteiger partial charge in [0.15, 0.2) is 5.96 Å². The van der Waals surface area contributed by atoms with E-state index in [0.29, 0.717) is 6.54 Å². The summed E-state index contributed by atoms with van der Waals surface area (Å²) in [6.45, 7) is 9.13. The molecule has 3 rings (SSSR count). The van der Waals surface area contributed by atoms with E-state index in [1.807, 2.05) is 0 Å². The van der Waals surface area contributed by atoms with Crippen LogP contribution in [0.3, 0.4) is 0 Å². The molecule has 1 aliphatic heterocycles. The maximum Gasteiger partial charge on any atom is 0.191 e. The van der Waals surface area contributed by atoms with E-state index in [0.717, 1.165) is 48.9 Å². The van der Waals surface area contributed by atoms with E-state index in [9.17, 15) is 0 Å². The van der Waals surface area contributed by atoms with E-state index in [1.54, 1.807) is 7.05 Å². The lowest BCUT2D eigenvalue weighted by Gasteiger charge is -2.15. The first-order valence-electron chi connectivity index (χ1n) is 10.4. The van der Waals surface area contributed by atoms with Crippen LogP contribution in [0.1, 0.15) is 54.8 Å². The van der Waals surface area contributed by atoms with Gasteiger partial charge in [-0.15, -0.1) is 0 Å². The van der Waals surface area contributed by atoms with Crippen LogP contribution in [0.4, 0.5) is 0 Å². The molecule has 0 unspecified atom stereocenters. The summed E-state index contributed by atoms with van der Waals surface area (Å²) < 4.78 is 5.44. The third-order valence-corrected chi connectivity index (χ3v) is 5.35. The summed E-state index contributed by atoms with van der Waals surface area (Å²) in [6, 6.07) is 8.89. The largest absolute Gasteiger partial charge is 0.361 e. The van der Waals surface area contributed by atoms with E-state index in [2.05, 4.69) is 63.8 Å². The summed E-state index contributed by atoms with van der Waals surface area (Å²) in [7, 11) is 1.80. The van der Waals surface area contributed by atoms with Crippen molar-refractivity contribution in [2.45, 2.75) is 59.2 Å². The van der Waals surface area contributed by atoms with Gasteiger partial charge in [0, 0.05) is 38.7 Å². The third-order valence-electron chi connectivity index (χ3n) is 5.35. The summed E-state index contributed by atoms with van der Waals surface area (Å²) in [4.78, 5) is 6.86. The minimum Gasteiger partial charge on any atom is -0.361 e. The molecule has 28 heavy (non-hydrogen) atoms. The molecule has 0 amide bonds. The Kier molecular flexibility index (Phi) is 7.48. The van der Waals surface area contributed by atoms with Gasteiger partial charge in [0.1, 0.15) is 5.76 Å². The van der Waals surface area contributed by atoms with Gasteiger partial charge in [-0.25, -0.2) is 0 Å². The Balaban J connectivity index is 1.49. The summed E-state index contributed by atoms with van der Waals surface area (Å²) in [5.74, 6) is 1.74. The number of likely N-dealkylation sites (tertiary alicyclic amines) is 1. The van der Waals surface area contributed by atoms with E-state index in [-0.39, 0.29) is 0 Å². The number of aryl methyl sites for hydroxylation is 2. The lowest BCUT2D eigenvalue weighted by molar-refractivity contribution is 0.331. The SMILES string of the molecule is CCc1noc(CC)c1CNC(=NC)NCc1ccc(CN2CCCC2)cc1. The van der Waals surface area contributed by atoms with Crippen LogP contribution in [0.2, 0.25) is 0 Å². The second-order valence-corrected chi connectivity index (χ2v) is 7.32. The topological polar surface area (TPSA) is 65.7 Å². The fourth-order valence-electron chi connectivity index (χ4n) is 3.68. The molecular weight excluding hydrogens is 350 g/mol. The quantitative estimate of drug-likeness (QED) is 0.541. The molecule has 2 aromatic rings. The maximum absolute atomic E-state index is 5.44. The van der Waals surface area contributed by atoms with E-state index < -0.39 is 0 Å². The van der Waals surface area contributed by atoms with E-state index in [1.165, 1.54) is 37.1 Å². The highest BCUT2D eigenvalue weighted by molar-refractivity contribution is 5.79. The minimum absolute atomic E-state index is 0.671. The highest BCUT2D eigenvalue weighted by Crippen LogP contribution is 2.16. The van der Waals surface area contributed by atoms with Crippen LogP contribution in [0.25, 0.3) is 0 Å². The Morgan fingerprint density at radius 3 is 2.36 bits per heavy atom. The summed E-state index contributed by atoms with van der Waals surface area (Å²) in [5, 5.41) is 10.9. The van der Waals surface area contributed by atoms with Crippen LogP contribution in [-0.4, -0.2) is 36.2 Å². The number of benzene rings is 1. The van der Waals surface area contributed by atoms with Crippen molar-refractivity contribution in [1.82, 2.24) is 20.7 Å². The van der Waals surface area contributed by atoms with Crippen molar-refractivity contribution in [3.8, 4) is 0 Å². The number of aliphatic imine (C=N–C) groups is 1. The molecule has 0 atom stereocenters. The van der Waals surface area contributed by atoms with Crippen LogP contribution < -0.4 is 10.6 Å². The highest BCUT2D eigenvalue weighted by Gasteiger charge is 2.14. The number of hydrogen-bond donors (Lipinski definition) is 2. The molecule has 0 bridgehead atoms. The average Bonchev–Trinajstić information content (AvgIpc) is 3.38. The van der Waals surface area contributed by atoms with Crippen LogP contribution in [0.15, 0.2) is 33.8 Å². The molecule has 0 spiro atoms. The molecule has 1 aromatic heterocycles. The molecule has 1 aromatic carbocycles. The van der Waals surface area contributed by atoms with Gasteiger partial charge in [-0.2, -0.15) is 0 Å². The van der Waals surface area contributed by atoms with Gasteiger partial charge in [-0.3, -0.25) is 9.89 Å². The Labute approximate surface area is 168 Å². The first kappa shape index (κ1) is 20.4. The summed E-state index contributed by atoms with van der Waals surface area (Å²) >= 11 is 0. The van der Waals surface area contributed by atoms with Crippen LogP contribution >= 0.6 is 0 Å². The molecule has 2 N–H and O–H groups in total. The van der Waals surface area contributed by atoms with Crippen molar-refractivity contribution < 1.29 is 4.52 Å². The Morgan fingerprint density at radius 1 is 1.04 bits per heavy atom. The number of hydrogen-bond acceptors (Lipinski definition) is 4. The zero-order valence-electron chi connectivity index (χ0n) is 17.4. The molecule has 0 radical (unpaired) electrons. The number of aromatic nitrogens is 1. The van der Waals surface area contributed by atoms with Crippen molar-refractivity contribution in [2.24, 2.45) is 4.99 Å². The molecule has 1 aliphatic rings. The minimum atomic E-state index is 0.671. The third kappa shape index (κ3) is 5.35. The number of rotatable bonds is 8. The molecule has 152 valence electrons. The average molecular weight is 384 g/mol. The van der Waals surface area contributed by atoms with Gasteiger partial charge in [-0.05, 0) is 43.5 Å². The molecule has 1 saturated heterocycles. The van der Waals surface area contributed by atoms with Gasteiger partial charge >= 0.3 is 0 Å². The van der Waals surface area contributed by atoms with Gasteiger partial charge < -0.3 is 15.2 Å². The Hall–Kier alpha value is -2.34. The van der Waals surface area contributed by atoms with Crippen molar-refractivity contribution in [3.63, 3.8) is 0 Å². The molecule has 6 nitrogen and oxygen atoms in total. The molecule has 0 aliphatic carbocycles. The van der Waals surface area contributed by atoms with E-state index >= 15 is 0 Å². The van der Waals surface area contributed by atoms with Crippen LogP contribution in [-0.2, 0) is 32.5 Å². The molecule has 1 fully saturated rings. The van der Waals surface area contributed by atoms with Crippen molar-refractivity contribution in [1.29, 1.82) is 0 Å². The summed E-state index contributed by atoms with van der Waals surface area (Å²) in [6.07, 6.45) is 4.39. The lowest BCUT2D eigenvalue weighted by atomic mass is 10.1. The molecule has 2 heterocycles. The normalized spacial score (nSPS) is 15.2. The summed E-state index contributed by atoms with van der Waals surface area (Å²) in [5.41, 5.74) is 4.81. The van der Waals surface area contributed by atoms with Gasteiger partial charge in [0.2, 0.25) is 0 Å². The zero-order valence-corrected chi connectivity index (χ0v) is 17.4. The smallest absolute Gasteiger partial charge is 0.191 e. The maximum atomic E-state index is 5.44. The lowest BCUT2D eigenvalue weighted by Crippen LogP contribution is -2.36. The Bertz CT molecular complexity index is 738. The standard InChI is InChI=1S/C22H33N5O/c1-4-20-19(21(5-2)28-26-20)15-25-22(23-3)24-14-17-8-10-18(11-9-17)16-27-12-6-7-13-27/h8-11H,4-7,12-16H2,1-3H3,(H2,23,24,25). The van der Waals surface area contributed by atoms with Crippen molar-refractivity contribution in [2.75, 3.05) is 20.1 Å². The van der Waals surface area contributed by atoms with Crippen molar-refractivity contribution >= 4 is 5.96 Å². The first-order chi connectivity index (χ1) is 13.7. The predicted octanol–water partition coefficient (Wildman–Crippen LogP) is 3.26. The predicted molar refractivity (Wildman–Crippen MR) is 113 cm³/mol. The molecular formula is C22H33N5O. The van der Waals surface area contributed by atoms with Crippen LogP contribution in [0.5, 0.6) is 0 Å². The number of guanidine groups is 1. The second kappa shape index (κ2) is 10.3. The molecule has 6 heteroatoms. The van der Waals surface area contributed by atoms with Crippen LogP contribution in [0, 0.1) is 0 Å². The fraction of sp³-hybridized carbons (Fsp3) is 0.545. The van der Waals surface area contributed by atoms with Gasteiger partial charge in [0.25, 0.3) is 0 Å². The van der Waals surface area contributed by atoms with Gasteiger partial charge in [0.05, 0.1) is 5.69 Å². The number of nitrogens with zero attached hydrogens (tertiary/aromatic N) is 3. The van der Waals surface area contributed by atoms with Gasteiger partial charge in [-0.1, -0.05) is 43.3 Å². The Morgan fingerprint density at radius 2 is 1.71 bits per heavy atom. The number of nitrogens with one attached hydrogen (secondary N) is 2. The first-order valence-corrected chi connectivity index (χ1v) is 10.4.